The summed E-state index contributed by atoms with van der Waals surface area (Å²) in [4.78, 5) is 9.04. The predicted molar refractivity (Wildman–Crippen MR) is 113 cm³/mol. The van der Waals surface area contributed by atoms with Crippen LogP contribution in [0.5, 0.6) is 11.5 Å². The Kier molecular flexibility index (Phi) is 5.35. The number of hydrogen-bond donors (Lipinski definition) is 2. The van der Waals surface area contributed by atoms with Gasteiger partial charge in [0, 0.05) is 11.1 Å². The molecule has 0 fully saturated rings. The maximum Gasteiger partial charge on any atom is 0.167 e. The predicted octanol–water partition coefficient (Wildman–Crippen LogP) is 5.05. The molecule has 8 heteroatoms. The van der Waals surface area contributed by atoms with Gasteiger partial charge in [-0.15, -0.1) is 11.3 Å². The number of hydrogen-bond acceptors (Lipinski definition) is 7. The van der Waals surface area contributed by atoms with Gasteiger partial charge in [-0.1, -0.05) is 30.3 Å². The molecule has 146 valence electrons. The highest BCUT2D eigenvalue weighted by Crippen LogP contribution is 2.47. The van der Waals surface area contributed by atoms with Crippen LogP contribution in [0.4, 0.5) is 10.2 Å². The van der Waals surface area contributed by atoms with Gasteiger partial charge < -0.3 is 9.84 Å². The zero-order chi connectivity index (χ0) is 20.2. The lowest BCUT2D eigenvalue weighted by molar-refractivity contribution is 0.341. The number of nitrogens with zero attached hydrogens (tertiary/aromatic N) is 3. The van der Waals surface area contributed by atoms with E-state index in [2.05, 4.69) is 20.5 Å². The number of nitrogens with one attached hydrogen (secondary N) is 1. The summed E-state index contributed by atoms with van der Waals surface area (Å²) < 4.78 is 20.0. The van der Waals surface area contributed by atoms with Gasteiger partial charge >= 0.3 is 0 Å². The molecular weight excluding hydrogens is 391 g/mol. The van der Waals surface area contributed by atoms with Crippen LogP contribution in [-0.4, -0.2) is 27.9 Å². The highest BCUT2D eigenvalue weighted by atomic mass is 32.1. The smallest absolute Gasteiger partial charge is 0.167 e. The second kappa shape index (κ2) is 8.24. The maximum atomic E-state index is 13.7. The van der Waals surface area contributed by atoms with E-state index >= 15 is 0 Å². The fraction of sp³-hybridized carbons (Fsp3) is 0.0952. The standard InChI is InChI=1S/C21H17FN4O2S/c1-2-28-16-10-6-4-8-14(16)19-18(27)17-20(29-19)21(24-12-23-17)26-25-11-13-7-3-5-9-15(13)22/h3-12,27H,2H2,1H3,(H,23,24,26). The van der Waals surface area contributed by atoms with Crippen LogP contribution in [0.2, 0.25) is 0 Å². The average molecular weight is 408 g/mol. The maximum absolute atomic E-state index is 13.7. The van der Waals surface area contributed by atoms with Gasteiger partial charge in [-0.3, -0.25) is 5.43 Å². The van der Waals surface area contributed by atoms with Crippen LogP contribution in [0.3, 0.4) is 0 Å². The van der Waals surface area contributed by atoms with E-state index in [0.29, 0.717) is 38.8 Å². The third-order valence-corrected chi connectivity index (χ3v) is 5.37. The Hall–Kier alpha value is -3.52. The van der Waals surface area contributed by atoms with Crippen LogP contribution in [0.25, 0.3) is 20.7 Å². The largest absolute Gasteiger partial charge is 0.504 e. The van der Waals surface area contributed by atoms with E-state index in [9.17, 15) is 9.50 Å². The summed E-state index contributed by atoms with van der Waals surface area (Å²) in [6.07, 6.45) is 2.72. The second-order valence-electron chi connectivity index (χ2n) is 6.00. The molecule has 0 spiro atoms. The molecule has 0 aliphatic rings. The molecule has 0 radical (unpaired) electrons. The van der Waals surface area contributed by atoms with Gasteiger partial charge in [0.2, 0.25) is 0 Å². The van der Waals surface area contributed by atoms with Crippen LogP contribution in [0.1, 0.15) is 12.5 Å². The number of thiophene rings is 1. The molecule has 2 heterocycles. The van der Waals surface area contributed by atoms with Crippen molar-refractivity contribution in [3.8, 4) is 21.9 Å². The van der Waals surface area contributed by atoms with Crippen molar-refractivity contribution in [1.82, 2.24) is 9.97 Å². The Labute approximate surface area is 170 Å². The minimum Gasteiger partial charge on any atom is -0.504 e. The van der Waals surface area contributed by atoms with E-state index in [-0.39, 0.29) is 11.6 Å². The van der Waals surface area contributed by atoms with Crippen molar-refractivity contribution in [2.75, 3.05) is 12.0 Å². The van der Waals surface area contributed by atoms with E-state index in [1.165, 1.54) is 29.9 Å². The molecule has 4 rings (SSSR count). The lowest BCUT2D eigenvalue weighted by atomic mass is 10.1. The van der Waals surface area contributed by atoms with Gasteiger partial charge in [0.25, 0.3) is 0 Å². The normalized spacial score (nSPS) is 11.2. The van der Waals surface area contributed by atoms with Crippen molar-refractivity contribution in [1.29, 1.82) is 0 Å². The molecule has 0 unspecified atom stereocenters. The molecule has 0 saturated heterocycles. The molecule has 0 aliphatic carbocycles. The summed E-state index contributed by atoms with van der Waals surface area (Å²) >= 11 is 1.33. The molecule has 0 aliphatic heterocycles. The number of aromatic hydroxyl groups is 1. The first-order valence-electron chi connectivity index (χ1n) is 8.91. The number of hydrazone groups is 1. The van der Waals surface area contributed by atoms with E-state index < -0.39 is 0 Å². The minimum atomic E-state index is -0.366. The molecule has 0 bridgehead atoms. The third kappa shape index (κ3) is 3.74. The Morgan fingerprint density at radius 1 is 1.17 bits per heavy atom. The quantitative estimate of drug-likeness (QED) is 0.345. The molecular formula is C21H17FN4O2S. The molecule has 29 heavy (non-hydrogen) atoms. The monoisotopic (exact) mass is 408 g/mol. The first-order valence-corrected chi connectivity index (χ1v) is 9.73. The Morgan fingerprint density at radius 2 is 1.97 bits per heavy atom. The fourth-order valence-corrected chi connectivity index (χ4v) is 3.95. The number of ether oxygens (including phenoxy) is 1. The average Bonchev–Trinajstić information content (AvgIpc) is 3.07. The van der Waals surface area contributed by atoms with Crippen LogP contribution in [0.15, 0.2) is 60.0 Å². The Balaban J connectivity index is 1.71. The van der Waals surface area contributed by atoms with Crippen LogP contribution >= 0.6 is 11.3 Å². The van der Waals surface area contributed by atoms with Gasteiger partial charge in [-0.25, -0.2) is 14.4 Å². The minimum absolute atomic E-state index is 0.0562. The summed E-state index contributed by atoms with van der Waals surface area (Å²) in [5.41, 5.74) is 4.35. The summed E-state index contributed by atoms with van der Waals surface area (Å²) in [5, 5.41) is 14.8. The molecule has 0 amide bonds. The molecule has 2 aromatic carbocycles. The van der Waals surface area contributed by atoms with Crippen molar-refractivity contribution >= 4 is 33.6 Å². The SMILES string of the molecule is CCOc1ccccc1-c1sc2c(NN=Cc3ccccc3F)ncnc2c1O. The summed E-state index contributed by atoms with van der Waals surface area (Å²) in [5.74, 6) is 0.787. The van der Waals surface area contributed by atoms with Crippen LogP contribution < -0.4 is 10.2 Å². The van der Waals surface area contributed by atoms with Crippen molar-refractivity contribution in [2.24, 2.45) is 5.10 Å². The van der Waals surface area contributed by atoms with Crippen LogP contribution in [0, 0.1) is 5.82 Å². The van der Waals surface area contributed by atoms with E-state index in [1.54, 1.807) is 18.2 Å². The Morgan fingerprint density at radius 3 is 2.79 bits per heavy atom. The molecule has 6 nitrogen and oxygen atoms in total. The Bertz CT molecular complexity index is 1190. The highest BCUT2D eigenvalue weighted by Gasteiger charge is 2.19. The van der Waals surface area contributed by atoms with Gasteiger partial charge in [0.05, 0.1) is 17.7 Å². The van der Waals surface area contributed by atoms with Crippen molar-refractivity contribution < 1.29 is 14.2 Å². The second-order valence-corrected chi connectivity index (χ2v) is 7.02. The van der Waals surface area contributed by atoms with E-state index in [0.717, 1.165) is 5.56 Å². The van der Waals surface area contributed by atoms with Gasteiger partial charge in [-0.2, -0.15) is 5.10 Å². The van der Waals surface area contributed by atoms with Gasteiger partial charge in [0.1, 0.15) is 28.1 Å². The van der Waals surface area contributed by atoms with E-state index in [1.807, 2.05) is 31.2 Å². The zero-order valence-corrected chi connectivity index (χ0v) is 16.3. The zero-order valence-electron chi connectivity index (χ0n) is 15.5. The lowest BCUT2D eigenvalue weighted by Crippen LogP contribution is -1.95. The summed E-state index contributed by atoms with van der Waals surface area (Å²) in [6, 6.07) is 13.8. The van der Waals surface area contributed by atoms with Gasteiger partial charge in [-0.05, 0) is 25.1 Å². The van der Waals surface area contributed by atoms with Crippen molar-refractivity contribution in [3.05, 3.63) is 66.2 Å². The first kappa shape index (κ1) is 18.8. The molecule has 4 aromatic rings. The number of aromatic nitrogens is 2. The van der Waals surface area contributed by atoms with Crippen LogP contribution in [-0.2, 0) is 0 Å². The molecule has 2 aromatic heterocycles. The van der Waals surface area contributed by atoms with Gasteiger partial charge in [0.15, 0.2) is 11.6 Å². The molecule has 0 atom stereocenters. The summed E-state index contributed by atoms with van der Waals surface area (Å²) in [7, 11) is 0. The number of anilines is 1. The molecule has 0 saturated carbocycles. The van der Waals surface area contributed by atoms with Crippen molar-refractivity contribution in [2.45, 2.75) is 6.92 Å². The first-order chi connectivity index (χ1) is 14.2. The fourth-order valence-electron chi connectivity index (χ4n) is 2.84. The third-order valence-electron chi connectivity index (χ3n) is 4.16. The number of benzene rings is 2. The lowest BCUT2D eigenvalue weighted by Gasteiger charge is -2.08. The summed E-state index contributed by atoms with van der Waals surface area (Å²) in [6.45, 7) is 2.42. The highest BCUT2D eigenvalue weighted by molar-refractivity contribution is 7.23. The van der Waals surface area contributed by atoms with Crippen molar-refractivity contribution in [3.63, 3.8) is 0 Å². The number of fused-ring (bicyclic) bond motifs is 1. The molecule has 2 N–H and O–H groups in total. The number of para-hydroxylation sites is 1. The topological polar surface area (TPSA) is 79.6 Å². The number of halogens is 1. The van der Waals surface area contributed by atoms with E-state index in [4.69, 9.17) is 4.74 Å². The number of rotatable bonds is 6.